The Morgan fingerprint density at radius 3 is 2.38 bits per heavy atom. The molecule has 0 radical (unpaired) electrons. The van der Waals surface area contributed by atoms with Gasteiger partial charge in [-0.1, -0.05) is 0 Å². The Hall–Kier alpha value is -0.130. The molecule has 0 amide bonds. The predicted molar refractivity (Wildman–Crippen MR) is 63.2 cm³/mol. The zero-order chi connectivity index (χ0) is 11.6. The van der Waals surface area contributed by atoms with Crippen LogP contribution in [0.4, 0.5) is 0 Å². The van der Waals surface area contributed by atoms with E-state index in [1.807, 2.05) is 0 Å². The Labute approximate surface area is 97.7 Å². The summed E-state index contributed by atoms with van der Waals surface area (Å²) in [5.41, 5.74) is 0.481. The van der Waals surface area contributed by atoms with Crippen molar-refractivity contribution in [3.8, 4) is 0 Å². The summed E-state index contributed by atoms with van der Waals surface area (Å²) in [6, 6.07) is 0.507. The highest BCUT2D eigenvalue weighted by atomic mass is 32.2. The van der Waals surface area contributed by atoms with Crippen LogP contribution in [0.15, 0.2) is 0 Å². The van der Waals surface area contributed by atoms with Crippen LogP contribution in [0.1, 0.15) is 25.7 Å². The number of hydrogen-bond acceptors (Lipinski definition) is 4. The van der Waals surface area contributed by atoms with Gasteiger partial charge in [0.25, 0.3) is 0 Å². The quantitative estimate of drug-likeness (QED) is 0.789. The van der Waals surface area contributed by atoms with E-state index in [9.17, 15) is 8.42 Å². The second kappa shape index (κ2) is 4.63. The van der Waals surface area contributed by atoms with E-state index < -0.39 is 9.84 Å². The van der Waals surface area contributed by atoms with Gasteiger partial charge in [0.15, 0.2) is 0 Å². The fourth-order valence-corrected chi connectivity index (χ4v) is 3.05. The van der Waals surface area contributed by atoms with Crippen LogP contribution in [0, 0.1) is 5.41 Å². The van der Waals surface area contributed by atoms with Crippen LogP contribution >= 0.6 is 0 Å². The lowest BCUT2D eigenvalue weighted by Crippen LogP contribution is -2.48. The largest absolute Gasteiger partial charge is 0.380 e. The van der Waals surface area contributed by atoms with Gasteiger partial charge < -0.3 is 10.1 Å². The lowest BCUT2D eigenvalue weighted by molar-refractivity contribution is -0.133. The van der Waals surface area contributed by atoms with E-state index >= 15 is 0 Å². The number of sulfone groups is 1. The van der Waals surface area contributed by atoms with Crippen LogP contribution in [-0.2, 0) is 14.6 Å². The number of hydrogen-bond donors (Lipinski definition) is 1. The van der Waals surface area contributed by atoms with E-state index in [1.165, 1.54) is 19.1 Å². The third-order valence-corrected chi connectivity index (χ3v) is 4.71. The molecule has 1 aliphatic heterocycles. The van der Waals surface area contributed by atoms with Crippen molar-refractivity contribution in [1.29, 1.82) is 0 Å². The Bertz CT molecular complexity index is 325. The fourth-order valence-electron chi connectivity index (χ4n) is 2.56. The van der Waals surface area contributed by atoms with Gasteiger partial charge in [0.05, 0.1) is 19.0 Å². The van der Waals surface area contributed by atoms with E-state index in [0.29, 0.717) is 18.0 Å². The van der Waals surface area contributed by atoms with Crippen molar-refractivity contribution in [2.75, 3.05) is 31.8 Å². The van der Waals surface area contributed by atoms with Gasteiger partial charge in [0.2, 0.25) is 0 Å². The first kappa shape index (κ1) is 12.3. The average Bonchev–Trinajstić information content (AvgIpc) is 2.14. The third-order valence-electron chi connectivity index (χ3n) is 3.77. The molecule has 0 atom stereocenters. The maximum atomic E-state index is 11.0. The minimum absolute atomic E-state index is 0.248. The second-order valence-electron chi connectivity index (χ2n) is 5.35. The van der Waals surface area contributed by atoms with Gasteiger partial charge in [0.1, 0.15) is 9.84 Å². The minimum Gasteiger partial charge on any atom is -0.380 e. The van der Waals surface area contributed by atoms with E-state index in [0.717, 1.165) is 26.1 Å². The Morgan fingerprint density at radius 2 is 1.94 bits per heavy atom. The molecule has 16 heavy (non-hydrogen) atoms. The van der Waals surface area contributed by atoms with Gasteiger partial charge in [0, 0.05) is 24.3 Å². The molecule has 5 heteroatoms. The molecular weight excluding hydrogens is 226 g/mol. The van der Waals surface area contributed by atoms with E-state index in [1.54, 1.807) is 0 Å². The van der Waals surface area contributed by atoms with E-state index in [-0.39, 0.29) is 5.75 Å². The van der Waals surface area contributed by atoms with E-state index in [2.05, 4.69) is 5.32 Å². The van der Waals surface area contributed by atoms with Gasteiger partial charge in [-0.05, 0) is 25.7 Å². The SMILES string of the molecule is CS(=O)(=O)CCNC1CCC2(CC1)COC2. The van der Waals surface area contributed by atoms with Crippen molar-refractivity contribution < 1.29 is 13.2 Å². The van der Waals surface area contributed by atoms with Crippen molar-refractivity contribution in [1.82, 2.24) is 5.32 Å². The fraction of sp³-hybridized carbons (Fsp3) is 1.00. The van der Waals surface area contributed by atoms with Crippen LogP contribution in [0.5, 0.6) is 0 Å². The van der Waals surface area contributed by atoms with Gasteiger partial charge >= 0.3 is 0 Å². The highest BCUT2D eigenvalue weighted by Gasteiger charge is 2.41. The Morgan fingerprint density at radius 1 is 1.31 bits per heavy atom. The maximum absolute atomic E-state index is 11.0. The molecule has 0 unspecified atom stereocenters. The minimum atomic E-state index is -2.82. The molecule has 1 saturated heterocycles. The lowest BCUT2D eigenvalue weighted by atomic mass is 9.71. The molecule has 2 rings (SSSR count). The molecule has 0 aromatic carbocycles. The van der Waals surface area contributed by atoms with Crippen LogP contribution in [0.3, 0.4) is 0 Å². The molecule has 2 aliphatic rings. The Balaban J connectivity index is 1.65. The van der Waals surface area contributed by atoms with Crippen molar-refractivity contribution in [2.24, 2.45) is 5.41 Å². The number of nitrogens with one attached hydrogen (secondary N) is 1. The molecule has 1 aliphatic carbocycles. The molecule has 1 N–H and O–H groups in total. The van der Waals surface area contributed by atoms with Crippen LogP contribution in [0.25, 0.3) is 0 Å². The normalized spacial score (nSPS) is 25.6. The summed E-state index contributed by atoms with van der Waals surface area (Å²) in [4.78, 5) is 0. The summed E-state index contributed by atoms with van der Waals surface area (Å²) < 4.78 is 27.2. The van der Waals surface area contributed by atoms with Gasteiger partial charge in [-0.15, -0.1) is 0 Å². The van der Waals surface area contributed by atoms with Gasteiger partial charge in [-0.2, -0.15) is 0 Å². The zero-order valence-electron chi connectivity index (χ0n) is 9.87. The first-order chi connectivity index (χ1) is 7.49. The molecule has 0 aromatic rings. The second-order valence-corrected chi connectivity index (χ2v) is 7.61. The number of rotatable bonds is 4. The molecule has 0 bridgehead atoms. The highest BCUT2D eigenvalue weighted by molar-refractivity contribution is 7.90. The molecule has 0 aromatic heterocycles. The topological polar surface area (TPSA) is 55.4 Å². The van der Waals surface area contributed by atoms with Crippen LogP contribution in [-0.4, -0.2) is 46.2 Å². The predicted octanol–water partition coefficient (Wildman–Crippen LogP) is 0.580. The summed E-state index contributed by atoms with van der Waals surface area (Å²) in [6.07, 6.45) is 6.06. The Kier molecular flexibility index (Phi) is 3.56. The summed E-state index contributed by atoms with van der Waals surface area (Å²) in [5.74, 6) is 0.248. The molecule has 94 valence electrons. The maximum Gasteiger partial charge on any atom is 0.148 e. The summed E-state index contributed by atoms with van der Waals surface area (Å²) in [6.45, 7) is 2.46. The third kappa shape index (κ3) is 3.18. The first-order valence-electron chi connectivity index (χ1n) is 5.98. The highest BCUT2D eigenvalue weighted by Crippen LogP contribution is 2.42. The zero-order valence-corrected chi connectivity index (χ0v) is 10.7. The molecule has 4 nitrogen and oxygen atoms in total. The molecule has 1 saturated carbocycles. The molecule has 1 heterocycles. The standard InChI is InChI=1S/C11H21NO3S/c1-16(13,14)7-6-12-10-2-4-11(5-3-10)8-15-9-11/h10,12H,2-9H2,1H3. The number of ether oxygens (including phenoxy) is 1. The molecule has 1 spiro atoms. The monoisotopic (exact) mass is 247 g/mol. The van der Waals surface area contributed by atoms with Gasteiger partial charge in [-0.3, -0.25) is 0 Å². The molecule has 2 fully saturated rings. The lowest BCUT2D eigenvalue weighted by Gasteiger charge is -2.46. The van der Waals surface area contributed by atoms with Crippen LogP contribution in [0.2, 0.25) is 0 Å². The van der Waals surface area contributed by atoms with Gasteiger partial charge in [-0.25, -0.2) is 8.42 Å². The smallest absolute Gasteiger partial charge is 0.148 e. The summed E-state index contributed by atoms with van der Waals surface area (Å²) >= 11 is 0. The van der Waals surface area contributed by atoms with Crippen LogP contribution < -0.4 is 5.32 Å². The average molecular weight is 247 g/mol. The van der Waals surface area contributed by atoms with Crippen molar-refractivity contribution in [2.45, 2.75) is 31.7 Å². The summed E-state index contributed by atoms with van der Waals surface area (Å²) in [7, 11) is -2.82. The molecular formula is C11H21NO3S. The summed E-state index contributed by atoms with van der Waals surface area (Å²) in [5, 5.41) is 3.34. The van der Waals surface area contributed by atoms with Crippen molar-refractivity contribution in [3.63, 3.8) is 0 Å². The van der Waals surface area contributed by atoms with E-state index in [4.69, 9.17) is 4.74 Å². The first-order valence-corrected chi connectivity index (χ1v) is 8.04. The van der Waals surface area contributed by atoms with Crippen molar-refractivity contribution in [3.05, 3.63) is 0 Å². The van der Waals surface area contributed by atoms with Crippen molar-refractivity contribution >= 4 is 9.84 Å².